The Bertz CT molecular complexity index is 960. The Morgan fingerprint density at radius 3 is 2.71 bits per heavy atom. The van der Waals surface area contributed by atoms with Gasteiger partial charge in [0.1, 0.15) is 10.8 Å². The van der Waals surface area contributed by atoms with Crippen LogP contribution >= 0.6 is 11.3 Å². The first-order valence-electron chi connectivity index (χ1n) is 8.76. The van der Waals surface area contributed by atoms with Crippen molar-refractivity contribution in [3.05, 3.63) is 46.2 Å². The molecule has 28 heavy (non-hydrogen) atoms. The number of para-hydroxylation sites is 2. The number of fused-ring (bicyclic) bond motifs is 1. The molecule has 0 aliphatic rings. The van der Waals surface area contributed by atoms with Crippen molar-refractivity contribution in [2.75, 3.05) is 13.6 Å². The maximum atomic E-state index is 12.6. The van der Waals surface area contributed by atoms with Gasteiger partial charge in [-0.1, -0.05) is 12.1 Å². The molecule has 0 fully saturated rings. The summed E-state index contributed by atoms with van der Waals surface area (Å²) in [4.78, 5) is 12.2. The number of rotatable bonds is 6. The van der Waals surface area contributed by atoms with E-state index in [0.717, 1.165) is 46.5 Å². The van der Waals surface area contributed by atoms with Crippen molar-refractivity contribution >= 4 is 28.3 Å². The third-order valence-corrected chi connectivity index (χ3v) is 5.02. The number of guanidine groups is 1. The van der Waals surface area contributed by atoms with Crippen LogP contribution in [0.5, 0.6) is 0 Å². The molecule has 0 saturated carbocycles. The SMILES string of the molecule is CN=C(NCCCn1c(C)nc2ccccc21)NCc1nc(C(F)(F)F)cs1. The van der Waals surface area contributed by atoms with Gasteiger partial charge in [0, 0.05) is 25.5 Å². The van der Waals surface area contributed by atoms with Crippen LogP contribution in [0.15, 0.2) is 34.6 Å². The zero-order valence-corrected chi connectivity index (χ0v) is 16.4. The molecule has 10 heteroatoms. The van der Waals surface area contributed by atoms with Gasteiger partial charge in [-0.05, 0) is 25.5 Å². The largest absolute Gasteiger partial charge is 0.434 e. The Labute approximate surface area is 164 Å². The standard InChI is InChI=1S/C18H21F3N6S/c1-12-25-13-6-3-4-7-14(13)27(12)9-5-8-23-17(22-2)24-10-16-26-15(11-28-16)18(19,20)21/h3-4,6-7,11H,5,8-10H2,1-2H3,(H2,22,23,24). The van der Waals surface area contributed by atoms with Crippen LogP contribution in [0.2, 0.25) is 0 Å². The number of benzene rings is 1. The van der Waals surface area contributed by atoms with E-state index in [0.29, 0.717) is 17.5 Å². The molecule has 2 aromatic heterocycles. The van der Waals surface area contributed by atoms with Crippen molar-refractivity contribution in [2.24, 2.45) is 4.99 Å². The monoisotopic (exact) mass is 410 g/mol. The van der Waals surface area contributed by atoms with Gasteiger partial charge in [-0.3, -0.25) is 4.99 Å². The number of aliphatic imine (C=N–C) groups is 1. The average molecular weight is 410 g/mol. The molecule has 0 aliphatic heterocycles. The zero-order valence-electron chi connectivity index (χ0n) is 15.5. The number of aryl methyl sites for hydroxylation is 2. The van der Waals surface area contributed by atoms with Gasteiger partial charge >= 0.3 is 6.18 Å². The highest BCUT2D eigenvalue weighted by atomic mass is 32.1. The number of nitrogens with one attached hydrogen (secondary N) is 2. The number of nitrogens with zero attached hydrogens (tertiary/aromatic N) is 4. The van der Waals surface area contributed by atoms with Crippen molar-refractivity contribution in [2.45, 2.75) is 32.6 Å². The molecule has 2 heterocycles. The summed E-state index contributed by atoms with van der Waals surface area (Å²) in [6, 6.07) is 8.00. The molecule has 3 rings (SSSR count). The summed E-state index contributed by atoms with van der Waals surface area (Å²) in [6.07, 6.45) is -3.57. The van der Waals surface area contributed by atoms with Crippen LogP contribution in [-0.4, -0.2) is 34.1 Å². The zero-order chi connectivity index (χ0) is 20.1. The summed E-state index contributed by atoms with van der Waals surface area (Å²) in [6.45, 7) is 3.64. The maximum Gasteiger partial charge on any atom is 0.434 e. The van der Waals surface area contributed by atoms with E-state index in [9.17, 15) is 13.2 Å². The number of hydrogen-bond acceptors (Lipinski definition) is 4. The normalized spacial score (nSPS) is 12.5. The summed E-state index contributed by atoms with van der Waals surface area (Å²) in [5.41, 5.74) is 1.22. The minimum absolute atomic E-state index is 0.186. The van der Waals surface area contributed by atoms with Gasteiger partial charge in [0.2, 0.25) is 0 Å². The van der Waals surface area contributed by atoms with E-state index < -0.39 is 11.9 Å². The average Bonchev–Trinajstić information content (AvgIpc) is 3.25. The molecule has 3 aromatic rings. The van der Waals surface area contributed by atoms with Crippen LogP contribution < -0.4 is 10.6 Å². The second-order valence-electron chi connectivity index (χ2n) is 6.13. The Morgan fingerprint density at radius 1 is 1.21 bits per heavy atom. The molecule has 0 amide bonds. The highest BCUT2D eigenvalue weighted by Crippen LogP contribution is 2.29. The third-order valence-electron chi connectivity index (χ3n) is 4.17. The van der Waals surface area contributed by atoms with Crippen molar-refractivity contribution in [3.63, 3.8) is 0 Å². The van der Waals surface area contributed by atoms with Crippen LogP contribution in [0.25, 0.3) is 11.0 Å². The predicted octanol–water partition coefficient (Wildman–Crippen LogP) is 3.58. The first kappa shape index (κ1) is 20.1. The number of imidazole rings is 1. The third kappa shape index (κ3) is 4.80. The number of hydrogen-bond donors (Lipinski definition) is 2. The van der Waals surface area contributed by atoms with Crippen molar-refractivity contribution in [3.8, 4) is 0 Å². The molecule has 0 unspecified atom stereocenters. The lowest BCUT2D eigenvalue weighted by Crippen LogP contribution is -2.37. The second kappa shape index (κ2) is 8.59. The summed E-state index contributed by atoms with van der Waals surface area (Å²) in [7, 11) is 1.62. The van der Waals surface area contributed by atoms with Gasteiger partial charge < -0.3 is 15.2 Å². The Morgan fingerprint density at radius 2 is 2.00 bits per heavy atom. The second-order valence-corrected chi connectivity index (χ2v) is 7.07. The van der Waals surface area contributed by atoms with Crippen molar-refractivity contribution in [1.29, 1.82) is 0 Å². The van der Waals surface area contributed by atoms with Gasteiger partial charge in [0.15, 0.2) is 11.7 Å². The molecule has 0 aliphatic carbocycles. The highest BCUT2D eigenvalue weighted by Gasteiger charge is 2.33. The Kier molecular flexibility index (Phi) is 6.18. The molecule has 2 N–H and O–H groups in total. The number of thiazole rings is 1. The van der Waals surface area contributed by atoms with Gasteiger partial charge in [0.05, 0.1) is 17.6 Å². The van der Waals surface area contributed by atoms with E-state index >= 15 is 0 Å². The molecule has 0 bridgehead atoms. The fourth-order valence-electron chi connectivity index (χ4n) is 2.82. The quantitative estimate of drug-likeness (QED) is 0.370. The predicted molar refractivity (Wildman–Crippen MR) is 104 cm³/mol. The van der Waals surface area contributed by atoms with Gasteiger partial charge in [-0.2, -0.15) is 13.2 Å². The van der Waals surface area contributed by atoms with Crippen LogP contribution in [0.3, 0.4) is 0 Å². The Hall–Kier alpha value is -2.62. The maximum absolute atomic E-state index is 12.6. The summed E-state index contributed by atoms with van der Waals surface area (Å²) in [5, 5.41) is 7.53. The lowest BCUT2D eigenvalue weighted by Gasteiger charge is -2.12. The number of halogens is 3. The van der Waals surface area contributed by atoms with Crippen LogP contribution in [0.1, 0.15) is 22.9 Å². The first-order chi connectivity index (χ1) is 13.4. The van der Waals surface area contributed by atoms with E-state index in [2.05, 4.69) is 30.2 Å². The molecule has 0 spiro atoms. The summed E-state index contributed by atoms with van der Waals surface area (Å²) >= 11 is 0.972. The van der Waals surface area contributed by atoms with Crippen LogP contribution in [-0.2, 0) is 19.3 Å². The fraction of sp³-hybridized carbons (Fsp3) is 0.389. The van der Waals surface area contributed by atoms with Crippen molar-refractivity contribution < 1.29 is 13.2 Å². The van der Waals surface area contributed by atoms with Crippen molar-refractivity contribution in [1.82, 2.24) is 25.2 Å². The van der Waals surface area contributed by atoms with Gasteiger partial charge in [-0.25, -0.2) is 9.97 Å². The minimum Gasteiger partial charge on any atom is -0.356 e. The van der Waals surface area contributed by atoms with E-state index in [-0.39, 0.29) is 6.54 Å². The number of aromatic nitrogens is 3. The molecule has 0 radical (unpaired) electrons. The smallest absolute Gasteiger partial charge is 0.356 e. The number of alkyl halides is 3. The topological polar surface area (TPSA) is 67.1 Å². The lowest BCUT2D eigenvalue weighted by atomic mass is 10.3. The minimum atomic E-state index is -4.41. The van der Waals surface area contributed by atoms with E-state index in [1.165, 1.54) is 0 Å². The molecule has 0 saturated heterocycles. The van der Waals surface area contributed by atoms with Gasteiger partial charge in [-0.15, -0.1) is 11.3 Å². The van der Waals surface area contributed by atoms with E-state index in [1.807, 2.05) is 31.2 Å². The molecule has 1 aromatic carbocycles. The molecule has 6 nitrogen and oxygen atoms in total. The molecule has 150 valence electrons. The van der Waals surface area contributed by atoms with E-state index in [1.54, 1.807) is 7.05 Å². The molecular formula is C18H21F3N6S. The fourth-order valence-corrected chi connectivity index (χ4v) is 3.56. The molecular weight excluding hydrogens is 389 g/mol. The van der Waals surface area contributed by atoms with Crippen LogP contribution in [0.4, 0.5) is 13.2 Å². The van der Waals surface area contributed by atoms with Gasteiger partial charge in [0.25, 0.3) is 0 Å². The summed E-state index contributed by atoms with van der Waals surface area (Å²) < 4.78 is 40.0. The van der Waals surface area contributed by atoms with Crippen LogP contribution in [0, 0.1) is 6.92 Å². The summed E-state index contributed by atoms with van der Waals surface area (Å²) in [5.74, 6) is 1.49. The Balaban J connectivity index is 1.47. The first-order valence-corrected chi connectivity index (χ1v) is 9.64. The van der Waals surface area contributed by atoms with E-state index in [4.69, 9.17) is 0 Å². The highest BCUT2D eigenvalue weighted by molar-refractivity contribution is 7.09. The molecule has 0 atom stereocenters. The lowest BCUT2D eigenvalue weighted by molar-refractivity contribution is -0.140.